The van der Waals surface area contributed by atoms with Crippen molar-refractivity contribution in [2.45, 2.75) is 51.2 Å². The van der Waals surface area contributed by atoms with E-state index in [1.54, 1.807) is 0 Å². The second kappa shape index (κ2) is 9.19. The van der Waals surface area contributed by atoms with E-state index in [0.29, 0.717) is 0 Å². The number of ether oxygens (including phenoxy) is 1. The molecule has 0 aliphatic carbocycles. The SMILES string of the molecule is O=C(NCCC1CCN(Cc2ccccc2)CC1)[C@H]1CCCCO1. The molecule has 0 bridgehead atoms. The highest BCUT2D eigenvalue weighted by atomic mass is 16.5. The Labute approximate surface area is 145 Å². The van der Waals surface area contributed by atoms with Crippen LogP contribution in [0.3, 0.4) is 0 Å². The molecule has 1 N–H and O–H groups in total. The number of benzene rings is 1. The number of hydrogen-bond acceptors (Lipinski definition) is 3. The Morgan fingerprint density at radius 1 is 1.12 bits per heavy atom. The largest absolute Gasteiger partial charge is 0.368 e. The van der Waals surface area contributed by atoms with Crippen LogP contribution < -0.4 is 5.32 Å². The number of amides is 1. The first-order valence-corrected chi connectivity index (χ1v) is 9.47. The Morgan fingerprint density at radius 2 is 1.92 bits per heavy atom. The van der Waals surface area contributed by atoms with Gasteiger partial charge in [-0.2, -0.15) is 0 Å². The minimum Gasteiger partial charge on any atom is -0.368 e. The molecule has 0 unspecified atom stereocenters. The fourth-order valence-electron chi connectivity index (χ4n) is 3.74. The molecule has 2 heterocycles. The van der Waals surface area contributed by atoms with E-state index in [1.165, 1.54) is 31.5 Å². The normalized spacial score (nSPS) is 23.1. The molecule has 2 aliphatic heterocycles. The molecule has 1 atom stereocenters. The molecule has 1 aromatic rings. The zero-order valence-corrected chi connectivity index (χ0v) is 14.6. The van der Waals surface area contributed by atoms with E-state index in [-0.39, 0.29) is 12.0 Å². The fraction of sp³-hybridized carbons (Fsp3) is 0.650. The summed E-state index contributed by atoms with van der Waals surface area (Å²) >= 11 is 0. The number of carbonyl (C=O) groups excluding carboxylic acids is 1. The lowest BCUT2D eigenvalue weighted by atomic mass is 9.93. The van der Waals surface area contributed by atoms with Crippen LogP contribution in [-0.2, 0) is 16.1 Å². The van der Waals surface area contributed by atoms with Gasteiger partial charge in [0.15, 0.2) is 0 Å². The van der Waals surface area contributed by atoms with Crippen molar-refractivity contribution in [2.24, 2.45) is 5.92 Å². The topological polar surface area (TPSA) is 41.6 Å². The summed E-state index contributed by atoms with van der Waals surface area (Å²) in [6.45, 7) is 4.92. The number of rotatable bonds is 6. The van der Waals surface area contributed by atoms with Crippen molar-refractivity contribution < 1.29 is 9.53 Å². The maximum absolute atomic E-state index is 12.1. The van der Waals surface area contributed by atoms with E-state index in [1.807, 2.05) is 0 Å². The summed E-state index contributed by atoms with van der Waals surface area (Å²) in [5, 5.41) is 3.07. The van der Waals surface area contributed by atoms with Gasteiger partial charge in [0.1, 0.15) is 6.10 Å². The van der Waals surface area contributed by atoms with Gasteiger partial charge >= 0.3 is 0 Å². The molecule has 0 radical (unpaired) electrons. The van der Waals surface area contributed by atoms with Crippen LogP contribution >= 0.6 is 0 Å². The van der Waals surface area contributed by atoms with Gasteiger partial charge in [-0.15, -0.1) is 0 Å². The average Bonchev–Trinajstić information content (AvgIpc) is 2.65. The number of piperidine rings is 1. The Kier molecular flexibility index (Phi) is 6.67. The van der Waals surface area contributed by atoms with Crippen molar-refractivity contribution in [2.75, 3.05) is 26.2 Å². The molecule has 2 fully saturated rings. The van der Waals surface area contributed by atoms with Gasteiger partial charge in [-0.05, 0) is 63.1 Å². The fourth-order valence-corrected chi connectivity index (χ4v) is 3.74. The average molecular weight is 330 g/mol. The second-order valence-corrected chi connectivity index (χ2v) is 7.14. The highest BCUT2D eigenvalue weighted by Gasteiger charge is 2.23. The van der Waals surface area contributed by atoms with Crippen LogP contribution in [0.15, 0.2) is 30.3 Å². The molecule has 1 amide bonds. The van der Waals surface area contributed by atoms with Crippen molar-refractivity contribution in [3.8, 4) is 0 Å². The molecule has 24 heavy (non-hydrogen) atoms. The first kappa shape index (κ1) is 17.4. The molecule has 132 valence electrons. The zero-order chi connectivity index (χ0) is 16.6. The molecule has 4 nitrogen and oxygen atoms in total. The van der Waals surface area contributed by atoms with Crippen LogP contribution in [0, 0.1) is 5.92 Å². The van der Waals surface area contributed by atoms with Crippen molar-refractivity contribution >= 4 is 5.91 Å². The third-order valence-electron chi connectivity index (χ3n) is 5.28. The minimum absolute atomic E-state index is 0.0937. The van der Waals surface area contributed by atoms with Gasteiger partial charge < -0.3 is 10.1 Å². The Morgan fingerprint density at radius 3 is 2.62 bits per heavy atom. The van der Waals surface area contributed by atoms with Crippen LogP contribution in [0.4, 0.5) is 0 Å². The van der Waals surface area contributed by atoms with E-state index in [0.717, 1.165) is 51.3 Å². The standard InChI is InChI=1S/C20H30N2O2/c23-20(19-8-4-5-15-24-19)21-12-9-17-10-13-22(14-11-17)16-18-6-2-1-3-7-18/h1-3,6-7,17,19H,4-5,8-16H2,(H,21,23)/t19-/m1/s1. The Hall–Kier alpha value is -1.39. The highest BCUT2D eigenvalue weighted by Crippen LogP contribution is 2.21. The predicted octanol–water partition coefficient (Wildman–Crippen LogP) is 2.97. The first-order valence-electron chi connectivity index (χ1n) is 9.47. The van der Waals surface area contributed by atoms with Gasteiger partial charge in [0.05, 0.1) is 0 Å². The lowest BCUT2D eigenvalue weighted by Gasteiger charge is -2.32. The molecule has 4 heteroatoms. The molecular weight excluding hydrogens is 300 g/mol. The van der Waals surface area contributed by atoms with Gasteiger partial charge in [0, 0.05) is 19.7 Å². The highest BCUT2D eigenvalue weighted by molar-refractivity contribution is 5.80. The molecular formula is C20H30N2O2. The summed E-state index contributed by atoms with van der Waals surface area (Å²) in [7, 11) is 0. The summed E-state index contributed by atoms with van der Waals surface area (Å²) in [4.78, 5) is 14.6. The molecule has 2 saturated heterocycles. The summed E-state index contributed by atoms with van der Waals surface area (Å²) in [5.41, 5.74) is 1.40. The van der Waals surface area contributed by atoms with E-state index in [4.69, 9.17) is 4.74 Å². The third kappa shape index (κ3) is 5.32. The summed E-state index contributed by atoms with van der Waals surface area (Å²) < 4.78 is 5.53. The number of hydrogen-bond donors (Lipinski definition) is 1. The molecule has 0 saturated carbocycles. The molecule has 2 aliphatic rings. The smallest absolute Gasteiger partial charge is 0.249 e. The van der Waals surface area contributed by atoms with Crippen molar-refractivity contribution in [3.05, 3.63) is 35.9 Å². The van der Waals surface area contributed by atoms with Gasteiger partial charge in [-0.3, -0.25) is 9.69 Å². The van der Waals surface area contributed by atoms with Crippen LogP contribution in [0.25, 0.3) is 0 Å². The first-order chi connectivity index (χ1) is 11.8. The monoisotopic (exact) mass is 330 g/mol. The summed E-state index contributed by atoms with van der Waals surface area (Å²) in [6, 6.07) is 10.7. The van der Waals surface area contributed by atoms with Crippen molar-refractivity contribution in [1.82, 2.24) is 10.2 Å². The quantitative estimate of drug-likeness (QED) is 0.872. The maximum atomic E-state index is 12.1. The van der Waals surface area contributed by atoms with Crippen molar-refractivity contribution in [1.29, 1.82) is 0 Å². The second-order valence-electron chi connectivity index (χ2n) is 7.14. The van der Waals surface area contributed by atoms with E-state index in [2.05, 4.69) is 40.5 Å². The van der Waals surface area contributed by atoms with Crippen LogP contribution in [-0.4, -0.2) is 43.2 Å². The number of carbonyl (C=O) groups is 1. The van der Waals surface area contributed by atoms with Gasteiger partial charge in [0.2, 0.25) is 5.91 Å². The zero-order valence-electron chi connectivity index (χ0n) is 14.6. The Bertz CT molecular complexity index is 492. The van der Waals surface area contributed by atoms with Gasteiger partial charge in [0.25, 0.3) is 0 Å². The van der Waals surface area contributed by atoms with E-state index >= 15 is 0 Å². The third-order valence-corrected chi connectivity index (χ3v) is 5.28. The van der Waals surface area contributed by atoms with Crippen LogP contribution in [0.1, 0.15) is 44.1 Å². The lowest BCUT2D eigenvalue weighted by Crippen LogP contribution is -2.40. The molecule has 1 aromatic carbocycles. The molecule has 0 aromatic heterocycles. The number of nitrogens with zero attached hydrogens (tertiary/aromatic N) is 1. The predicted molar refractivity (Wildman–Crippen MR) is 95.7 cm³/mol. The lowest BCUT2D eigenvalue weighted by molar-refractivity contribution is -0.135. The number of likely N-dealkylation sites (tertiary alicyclic amines) is 1. The van der Waals surface area contributed by atoms with E-state index < -0.39 is 0 Å². The maximum Gasteiger partial charge on any atom is 0.249 e. The van der Waals surface area contributed by atoms with Gasteiger partial charge in [-0.25, -0.2) is 0 Å². The minimum atomic E-state index is -0.202. The van der Waals surface area contributed by atoms with Crippen LogP contribution in [0.5, 0.6) is 0 Å². The molecule has 3 rings (SSSR count). The van der Waals surface area contributed by atoms with E-state index in [9.17, 15) is 4.79 Å². The Balaban J connectivity index is 1.30. The van der Waals surface area contributed by atoms with Gasteiger partial charge in [-0.1, -0.05) is 30.3 Å². The summed E-state index contributed by atoms with van der Waals surface area (Å²) in [5.74, 6) is 0.834. The van der Waals surface area contributed by atoms with Crippen molar-refractivity contribution in [3.63, 3.8) is 0 Å². The molecule has 0 spiro atoms. The van der Waals surface area contributed by atoms with Crippen LogP contribution in [0.2, 0.25) is 0 Å². The number of nitrogens with one attached hydrogen (secondary N) is 1. The summed E-state index contributed by atoms with van der Waals surface area (Å²) in [6.07, 6.45) is 6.45.